The van der Waals surface area contributed by atoms with Crippen molar-refractivity contribution in [2.24, 2.45) is 0 Å². The fraction of sp³-hybridized carbons (Fsp3) is 0.222. The number of carbonyl (C=O) groups is 1. The van der Waals surface area contributed by atoms with Gasteiger partial charge >= 0.3 is 0 Å². The lowest BCUT2D eigenvalue weighted by molar-refractivity contribution is 0.112. The molecule has 0 saturated heterocycles. The van der Waals surface area contributed by atoms with Gasteiger partial charge in [-0.3, -0.25) is 4.79 Å². The van der Waals surface area contributed by atoms with E-state index in [-0.39, 0.29) is 0 Å². The maximum absolute atomic E-state index is 10.5. The zero-order chi connectivity index (χ0) is 9.26. The van der Waals surface area contributed by atoms with Crippen molar-refractivity contribution in [3.05, 3.63) is 29.3 Å². The van der Waals surface area contributed by atoms with E-state index in [1.165, 1.54) is 0 Å². The van der Waals surface area contributed by atoms with E-state index in [0.29, 0.717) is 18.8 Å². The molecule has 0 spiro atoms. The molecule has 2 rings (SSSR count). The number of ether oxygens (including phenoxy) is 1. The Morgan fingerprint density at radius 3 is 3.15 bits per heavy atom. The van der Waals surface area contributed by atoms with Gasteiger partial charge in [-0.25, -0.2) is 4.31 Å². The fourth-order valence-electron chi connectivity index (χ4n) is 1.32. The van der Waals surface area contributed by atoms with Crippen LogP contribution in [-0.4, -0.2) is 17.3 Å². The summed E-state index contributed by atoms with van der Waals surface area (Å²) < 4.78 is 7.12. The number of thiol groups is 1. The van der Waals surface area contributed by atoms with Crippen LogP contribution in [0.25, 0.3) is 0 Å². The summed E-state index contributed by atoms with van der Waals surface area (Å²) in [5.74, 6) is 0.843. The maximum atomic E-state index is 10.5. The molecule has 0 bridgehead atoms. The SMILES string of the molecule is O=Cc1ccc2c(c1)CN(S)CO2. The Morgan fingerprint density at radius 1 is 1.54 bits per heavy atom. The molecular formula is C9H9NO2S. The van der Waals surface area contributed by atoms with Gasteiger partial charge in [0.2, 0.25) is 0 Å². The lowest BCUT2D eigenvalue weighted by Gasteiger charge is -2.24. The molecule has 0 aromatic heterocycles. The van der Waals surface area contributed by atoms with Gasteiger partial charge in [0.25, 0.3) is 0 Å². The number of aldehydes is 1. The van der Waals surface area contributed by atoms with Crippen LogP contribution in [0.1, 0.15) is 15.9 Å². The average Bonchev–Trinajstić information content (AvgIpc) is 2.16. The summed E-state index contributed by atoms with van der Waals surface area (Å²) >= 11 is 4.17. The van der Waals surface area contributed by atoms with E-state index in [2.05, 4.69) is 12.8 Å². The minimum atomic E-state index is 0.483. The van der Waals surface area contributed by atoms with Crippen LogP contribution in [0, 0.1) is 0 Å². The van der Waals surface area contributed by atoms with E-state index < -0.39 is 0 Å². The minimum Gasteiger partial charge on any atom is -0.477 e. The largest absolute Gasteiger partial charge is 0.477 e. The smallest absolute Gasteiger partial charge is 0.151 e. The Morgan fingerprint density at radius 2 is 2.38 bits per heavy atom. The predicted octanol–water partition coefficient (Wildman–Crippen LogP) is 1.50. The van der Waals surface area contributed by atoms with Crippen LogP contribution in [0.15, 0.2) is 18.2 Å². The van der Waals surface area contributed by atoms with Crippen LogP contribution in [0.4, 0.5) is 0 Å². The van der Waals surface area contributed by atoms with Crippen molar-refractivity contribution >= 4 is 19.1 Å². The van der Waals surface area contributed by atoms with E-state index in [0.717, 1.165) is 17.6 Å². The molecule has 68 valence electrons. The van der Waals surface area contributed by atoms with Crippen molar-refractivity contribution in [1.29, 1.82) is 0 Å². The first-order chi connectivity index (χ1) is 6.29. The maximum Gasteiger partial charge on any atom is 0.151 e. The summed E-state index contributed by atoms with van der Waals surface area (Å²) in [6.07, 6.45) is 0.831. The van der Waals surface area contributed by atoms with Gasteiger partial charge in [-0.05, 0) is 18.2 Å². The summed E-state index contributed by atoms with van der Waals surface area (Å²) in [5.41, 5.74) is 1.68. The number of fused-ring (bicyclic) bond motifs is 1. The number of nitrogens with zero attached hydrogens (tertiary/aromatic N) is 1. The zero-order valence-electron chi connectivity index (χ0n) is 6.93. The van der Waals surface area contributed by atoms with Crippen molar-refractivity contribution in [2.45, 2.75) is 6.54 Å². The molecule has 1 aliphatic heterocycles. The Labute approximate surface area is 81.8 Å². The van der Waals surface area contributed by atoms with Crippen molar-refractivity contribution in [3.8, 4) is 5.75 Å². The highest BCUT2D eigenvalue weighted by Crippen LogP contribution is 2.25. The van der Waals surface area contributed by atoms with Crippen LogP contribution < -0.4 is 4.74 Å². The summed E-state index contributed by atoms with van der Waals surface area (Å²) in [6.45, 7) is 1.19. The normalized spacial score (nSPS) is 16.1. The van der Waals surface area contributed by atoms with Gasteiger partial charge in [0.05, 0.1) is 0 Å². The van der Waals surface area contributed by atoms with Gasteiger partial charge in [0.1, 0.15) is 12.0 Å². The third-order valence-electron chi connectivity index (χ3n) is 1.94. The number of hydrogen-bond acceptors (Lipinski definition) is 4. The molecule has 0 N–H and O–H groups in total. The molecule has 1 heterocycles. The molecule has 0 unspecified atom stereocenters. The van der Waals surface area contributed by atoms with Crippen molar-refractivity contribution < 1.29 is 9.53 Å². The van der Waals surface area contributed by atoms with Crippen molar-refractivity contribution in [2.75, 3.05) is 6.73 Å². The van der Waals surface area contributed by atoms with Crippen LogP contribution in [0.5, 0.6) is 5.75 Å². The molecular weight excluding hydrogens is 186 g/mol. The summed E-state index contributed by atoms with van der Waals surface area (Å²) in [5, 5.41) is 0. The molecule has 0 amide bonds. The van der Waals surface area contributed by atoms with E-state index >= 15 is 0 Å². The number of benzene rings is 1. The molecule has 13 heavy (non-hydrogen) atoms. The average molecular weight is 195 g/mol. The minimum absolute atomic E-state index is 0.483. The van der Waals surface area contributed by atoms with Crippen molar-refractivity contribution in [1.82, 2.24) is 4.31 Å². The van der Waals surface area contributed by atoms with Gasteiger partial charge in [0, 0.05) is 17.7 Å². The van der Waals surface area contributed by atoms with Gasteiger partial charge < -0.3 is 4.74 Å². The number of hydrogen-bond donors (Lipinski definition) is 1. The fourth-order valence-corrected chi connectivity index (χ4v) is 1.53. The third kappa shape index (κ3) is 1.68. The molecule has 0 radical (unpaired) electrons. The summed E-state index contributed by atoms with van der Waals surface area (Å²) in [7, 11) is 0. The standard InChI is InChI=1S/C9H9NO2S/c11-5-7-1-2-9-8(3-7)4-10(13)6-12-9/h1-3,5,13H,4,6H2. The van der Waals surface area contributed by atoms with E-state index in [9.17, 15) is 4.79 Å². The number of carbonyl (C=O) groups excluding carboxylic acids is 1. The Bertz CT molecular complexity index is 340. The highest BCUT2D eigenvalue weighted by Gasteiger charge is 2.14. The van der Waals surface area contributed by atoms with Crippen LogP contribution in [0.3, 0.4) is 0 Å². The highest BCUT2D eigenvalue weighted by atomic mass is 32.1. The van der Waals surface area contributed by atoms with E-state index in [1.807, 2.05) is 12.1 Å². The predicted molar refractivity (Wildman–Crippen MR) is 51.9 cm³/mol. The molecule has 1 aromatic rings. The Balaban J connectivity index is 2.38. The Hall–Kier alpha value is -1.00. The second kappa shape index (κ2) is 3.40. The molecule has 1 aliphatic rings. The molecule has 4 heteroatoms. The lowest BCUT2D eigenvalue weighted by atomic mass is 10.1. The van der Waals surface area contributed by atoms with Crippen LogP contribution in [0.2, 0.25) is 0 Å². The second-order valence-electron chi connectivity index (χ2n) is 2.92. The first-order valence-electron chi connectivity index (χ1n) is 3.94. The van der Waals surface area contributed by atoms with Gasteiger partial charge in [-0.2, -0.15) is 0 Å². The quantitative estimate of drug-likeness (QED) is 0.544. The van der Waals surface area contributed by atoms with Crippen molar-refractivity contribution in [3.63, 3.8) is 0 Å². The lowest BCUT2D eigenvalue weighted by Crippen LogP contribution is -2.23. The molecule has 0 atom stereocenters. The second-order valence-corrected chi connectivity index (χ2v) is 3.49. The summed E-state index contributed by atoms with van der Waals surface area (Å²) in [4.78, 5) is 10.5. The van der Waals surface area contributed by atoms with Gasteiger partial charge in [-0.1, -0.05) is 12.8 Å². The topological polar surface area (TPSA) is 29.5 Å². The highest BCUT2D eigenvalue weighted by molar-refractivity contribution is 7.77. The molecule has 3 nitrogen and oxygen atoms in total. The zero-order valence-corrected chi connectivity index (χ0v) is 7.83. The van der Waals surface area contributed by atoms with Gasteiger partial charge in [0.15, 0.2) is 6.73 Å². The van der Waals surface area contributed by atoms with E-state index in [1.54, 1.807) is 10.4 Å². The van der Waals surface area contributed by atoms with Crippen LogP contribution in [-0.2, 0) is 6.54 Å². The van der Waals surface area contributed by atoms with Gasteiger partial charge in [-0.15, -0.1) is 0 Å². The Kier molecular flexibility index (Phi) is 2.24. The number of rotatable bonds is 1. The molecule has 0 fully saturated rings. The molecule has 0 saturated carbocycles. The third-order valence-corrected chi connectivity index (χ3v) is 2.20. The monoisotopic (exact) mass is 195 g/mol. The molecule has 1 aromatic carbocycles. The molecule has 0 aliphatic carbocycles. The first kappa shape index (κ1) is 8.59. The summed E-state index contributed by atoms with van der Waals surface area (Å²) in [6, 6.07) is 5.39. The first-order valence-corrected chi connectivity index (χ1v) is 4.34. The van der Waals surface area contributed by atoms with E-state index in [4.69, 9.17) is 4.74 Å². The van der Waals surface area contributed by atoms with Crippen LogP contribution >= 0.6 is 12.8 Å².